The summed E-state index contributed by atoms with van der Waals surface area (Å²) < 4.78 is 30.3. The molecule has 1 unspecified atom stereocenters. The molecule has 0 aromatic heterocycles. The number of nitrogens with one attached hydrogen (secondary N) is 2. The second-order valence-electron chi connectivity index (χ2n) is 6.25. The number of hydrogen-bond donors (Lipinski definition) is 2. The van der Waals surface area contributed by atoms with Gasteiger partial charge in [-0.1, -0.05) is 29.8 Å². The van der Waals surface area contributed by atoms with Crippen molar-refractivity contribution in [2.75, 3.05) is 25.9 Å². The number of sulfone groups is 1. The van der Waals surface area contributed by atoms with Crippen LogP contribution in [0.1, 0.15) is 13.3 Å². The molecule has 2 aromatic carbocycles. The summed E-state index contributed by atoms with van der Waals surface area (Å²) in [6.07, 6.45) is 0.396. The Bertz CT molecular complexity index is 862. The maximum Gasteiger partial charge on any atom is 0.191 e. The van der Waals surface area contributed by atoms with Crippen molar-refractivity contribution in [2.24, 2.45) is 4.99 Å². The minimum Gasteiger partial charge on any atom is -0.489 e. The first kappa shape index (κ1) is 25.5. The van der Waals surface area contributed by atoms with Crippen LogP contribution in [-0.2, 0) is 9.84 Å². The van der Waals surface area contributed by atoms with Crippen molar-refractivity contribution in [1.82, 2.24) is 10.6 Å². The van der Waals surface area contributed by atoms with E-state index in [1.807, 2.05) is 19.1 Å². The van der Waals surface area contributed by atoms with Crippen molar-refractivity contribution in [3.8, 4) is 5.75 Å². The molecule has 0 aliphatic heterocycles. The van der Waals surface area contributed by atoms with Crippen LogP contribution in [0.2, 0.25) is 5.02 Å². The Morgan fingerprint density at radius 3 is 2.38 bits per heavy atom. The van der Waals surface area contributed by atoms with E-state index >= 15 is 0 Å². The Morgan fingerprint density at radius 2 is 1.76 bits per heavy atom. The van der Waals surface area contributed by atoms with E-state index in [1.165, 1.54) is 0 Å². The number of halogens is 2. The van der Waals surface area contributed by atoms with Gasteiger partial charge in [0, 0.05) is 18.6 Å². The Kier molecular flexibility index (Phi) is 11.4. The summed E-state index contributed by atoms with van der Waals surface area (Å²) in [6, 6.07) is 15.7. The average Bonchev–Trinajstić information content (AvgIpc) is 2.70. The topological polar surface area (TPSA) is 79.8 Å². The third kappa shape index (κ3) is 9.22. The van der Waals surface area contributed by atoms with E-state index in [0.717, 1.165) is 5.75 Å². The highest BCUT2D eigenvalue weighted by Crippen LogP contribution is 2.16. The quantitative estimate of drug-likeness (QED) is 0.215. The Labute approximate surface area is 195 Å². The van der Waals surface area contributed by atoms with Crippen LogP contribution in [-0.4, -0.2) is 46.4 Å². The zero-order valence-corrected chi connectivity index (χ0v) is 20.4. The second kappa shape index (κ2) is 12.9. The second-order valence-corrected chi connectivity index (χ2v) is 8.79. The molecule has 9 heteroatoms. The van der Waals surface area contributed by atoms with Crippen molar-refractivity contribution in [3.05, 3.63) is 59.6 Å². The van der Waals surface area contributed by atoms with Crippen LogP contribution in [0.5, 0.6) is 5.75 Å². The molecular weight excluding hydrogens is 525 g/mol. The maximum atomic E-state index is 12.3. The molecule has 0 saturated carbocycles. The molecule has 29 heavy (non-hydrogen) atoms. The van der Waals surface area contributed by atoms with Crippen molar-refractivity contribution in [2.45, 2.75) is 24.3 Å². The highest BCUT2D eigenvalue weighted by Gasteiger charge is 2.13. The molecule has 2 aromatic rings. The monoisotopic (exact) mass is 551 g/mol. The van der Waals surface area contributed by atoms with Crippen LogP contribution in [0.15, 0.2) is 64.5 Å². The van der Waals surface area contributed by atoms with Crippen molar-refractivity contribution >= 4 is 51.4 Å². The van der Waals surface area contributed by atoms with Crippen molar-refractivity contribution < 1.29 is 13.2 Å². The Balaban J connectivity index is 0.00000420. The normalized spacial score (nSPS) is 12.6. The lowest BCUT2D eigenvalue weighted by atomic mass is 10.3. The molecular formula is C20H27ClIN3O3S. The Hall–Kier alpha value is -1.52. The van der Waals surface area contributed by atoms with Crippen LogP contribution < -0.4 is 15.4 Å². The summed E-state index contributed by atoms with van der Waals surface area (Å²) in [5, 5.41) is 6.95. The van der Waals surface area contributed by atoms with Gasteiger partial charge in [0.05, 0.1) is 17.2 Å². The van der Waals surface area contributed by atoms with Crippen molar-refractivity contribution in [3.63, 3.8) is 0 Å². The van der Waals surface area contributed by atoms with E-state index in [9.17, 15) is 8.42 Å². The number of rotatable bonds is 9. The standard InChI is InChI=1S/C20H26ClN3O3S.HI/c1-16(27-18-11-9-17(21)10-12-18)15-24-20(22-2)23-13-6-14-28(25,26)19-7-4-3-5-8-19;/h3-5,7-12,16H,6,13-15H2,1-2H3,(H2,22,23,24);1H. The van der Waals surface area contributed by atoms with Gasteiger partial charge >= 0.3 is 0 Å². The summed E-state index contributed by atoms with van der Waals surface area (Å²) in [6.45, 7) is 2.99. The van der Waals surface area contributed by atoms with E-state index in [2.05, 4.69) is 15.6 Å². The lowest BCUT2D eigenvalue weighted by molar-refractivity contribution is 0.224. The molecule has 0 amide bonds. The fourth-order valence-corrected chi connectivity index (χ4v) is 3.92. The molecule has 0 spiro atoms. The van der Waals surface area contributed by atoms with Crippen LogP contribution >= 0.6 is 35.6 Å². The van der Waals surface area contributed by atoms with E-state index in [-0.39, 0.29) is 35.8 Å². The first-order chi connectivity index (χ1) is 13.4. The smallest absolute Gasteiger partial charge is 0.191 e. The number of benzene rings is 2. The molecule has 2 rings (SSSR count). The maximum absolute atomic E-state index is 12.3. The van der Waals surface area contributed by atoms with Crippen LogP contribution in [0.25, 0.3) is 0 Å². The van der Waals surface area contributed by atoms with Crippen LogP contribution in [0.4, 0.5) is 0 Å². The van der Waals surface area contributed by atoms with Gasteiger partial charge in [0.1, 0.15) is 11.9 Å². The fourth-order valence-electron chi connectivity index (χ4n) is 2.46. The molecule has 0 saturated heterocycles. The van der Waals surface area contributed by atoms with Gasteiger partial charge in [-0.25, -0.2) is 8.42 Å². The summed E-state index contributed by atoms with van der Waals surface area (Å²) in [7, 11) is -1.59. The van der Waals surface area contributed by atoms with E-state index in [4.69, 9.17) is 16.3 Å². The molecule has 0 radical (unpaired) electrons. The minimum atomic E-state index is -3.26. The number of aliphatic imine (C=N–C) groups is 1. The molecule has 0 heterocycles. The average molecular weight is 552 g/mol. The third-order valence-corrected chi connectivity index (χ3v) is 5.98. The van der Waals surface area contributed by atoms with Gasteiger partial charge in [-0.2, -0.15) is 0 Å². The number of ether oxygens (including phenoxy) is 1. The minimum absolute atomic E-state index is 0. The van der Waals surface area contributed by atoms with Gasteiger partial charge in [-0.3, -0.25) is 4.99 Å². The molecule has 6 nitrogen and oxygen atoms in total. The predicted molar refractivity (Wildman–Crippen MR) is 129 cm³/mol. The van der Waals surface area contributed by atoms with E-state index in [0.29, 0.717) is 35.4 Å². The molecule has 0 aliphatic rings. The number of nitrogens with zero attached hydrogens (tertiary/aromatic N) is 1. The summed E-state index contributed by atoms with van der Waals surface area (Å²) >= 11 is 5.86. The van der Waals surface area contributed by atoms with Gasteiger partial charge in [0.25, 0.3) is 0 Å². The van der Waals surface area contributed by atoms with Crippen molar-refractivity contribution in [1.29, 1.82) is 0 Å². The highest BCUT2D eigenvalue weighted by molar-refractivity contribution is 14.0. The van der Waals surface area contributed by atoms with E-state index < -0.39 is 9.84 Å². The van der Waals surface area contributed by atoms with Gasteiger partial charge in [0.2, 0.25) is 0 Å². The van der Waals surface area contributed by atoms with Crippen LogP contribution in [0.3, 0.4) is 0 Å². The predicted octanol–water partition coefficient (Wildman–Crippen LogP) is 3.75. The molecule has 160 valence electrons. The van der Waals surface area contributed by atoms with E-state index in [1.54, 1.807) is 49.5 Å². The molecule has 2 N–H and O–H groups in total. The zero-order chi connectivity index (χ0) is 20.4. The van der Waals surface area contributed by atoms with Gasteiger partial charge < -0.3 is 15.4 Å². The number of hydrogen-bond acceptors (Lipinski definition) is 4. The van der Waals surface area contributed by atoms with Gasteiger partial charge in [-0.05, 0) is 49.7 Å². The van der Waals surface area contributed by atoms with Gasteiger partial charge in [0.15, 0.2) is 15.8 Å². The molecule has 0 fully saturated rings. The van der Waals surface area contributed by atoms with Gasteiger partial charge in [-0.15, -0.1) is 24.0 Å². The SMILES string of the molecule is CN=C(NCCCS(=O)(=O)c1ccccc1)NCC(C)Oc1ccc(Cl)cc1.I. The lowest BCUT2D eigenvalue weighted by Gasteiger charge is -2.17. The largest absolute Gasteiger partial charge is 0.489 e. The zero-order valence-electron chi connectivity index (χ0n) is 16.5. The first-order valence-corrected chi connectivity index (χ1v) is 11.1. The summed E-state index contributed by atoms with van der Waals surface area (Å²) in [5.41, 5.74) is 0. The first-order valence-electron chi connectivity index (χ1n) is 9.05. The summed E-state index contributed by atoms with van der Waals surface area (Å²) in [4.78, 5) is 4.50. The highest BCUT2D eigenvalue weighted by atomic mass is 127. The molecule has 0 bridgehead atoms. The lowest BCUT2D eigenvalue weighted by Crippen LogP contribution is -2.42. The third-order valence-electron chi connectivity index (χ3n) is 3.92. The fraction of sp³-hybridized carbons (Fsp3) is 0.350. The molecule has 0 aliphatic carbocycles. The number of guanidine groups is 1. The Morgan fingerprint density at radius 1 is 1.10 bits per heavy atom. The molecule has 1 atom stereocenters. The summed E-state index contributed by atoms with van der Waals surface area (Å²) in [5.74, 6) is 1.42. The van der Waals surface area contributed by atoms with Crippen LogP contribution in [0, 0.1) is 0 Å².